The third-order valence-electron chi connectivity index (χ3n) is 14.0. The molecular weight excluding hydrogens is 953 g/mol. The number of nitrogens with one attached hydrogen (secondary N) is 3. The molecule has 3 N–H and O–H groups in total. The molecule has 15 heteroatoms. The van der Waals surface area contributed by atoms with Gasteiger partial charge >= 0.3 is 12.4 Å². The van der Waals surface area contributed by atoms with Gasteiger partial charge in [0, 0.05) is 43.8 Å². The molecule has 7 aromatic rings. The van der Waals surface area contributed by atoms with Gasteiger partial charge in [-0.1, -0.05) is 102 Å². The summed E-state index contributed by atoms with van der Waals surface area (Å²) < 4.78 is 92.9. The molecule has 0 saturated carbocycles. The van der Waals surface area contributed by atoms with Gasteiger partial charge in [-0.2, -0.15) is 26.3 Å². The van der Waals surface area contributed by atoms with Crippen LogP contribution in [0.15, 0.2) is 170 Å². The maximum Gasteiger partial charge on any atom is 0.416 e. The summed E-state index contributed by atoms with van der Waals surface area (Å²) in [5, 5.41) is 10.9. The van der Waals surface area contributed by atoms with E-state index < -0.39 is 46.8 Å². The first-order valence-corrected chi connectivity index (χ1v) is 25.0. The standard InChI is InChI=1S/C32H33F3N4O.C27H30F3N3O/c1-23-18-25(20-27(19-23)32(33,34)35)24(2)40-22-31(26-10-4-3-5-11-26)15-14-28(21-38-31)39(29-12-6-8-16-36-29)30-13-7-9-17-37-30;1-19-14-21(16-23(15-19)27(28,29)30)20(2)34-18-26(22-8-4-3-5-9-22)12-11-24(17-32-26)33-25-10-6-7-13-31-25/h3-13,16-20,24,28,38H,14-15,21-22H2,1-2H3;3-10,13-16,20,24,32H,11-12,17-18H2,1-2H3,(H,31,33)/t24-,28+,31-;20-,24+,26-/m11/s1. The third-order valence-corrected chi connectivity index (χ3v) is 14.0. The zero-order chi connectivity index (χ0) is 52.4. The Kier molecular flexibility index (Phi) is 17.2. The van der Waals surface area contributed by atoms with E-state index >= 15 is 0 Å². The number of halogens is 6. The molecular formula is C59H63F6N7O2. The zero-order valence-electron chi connectivity index (χ0n) is 42.0. The first-order valence-electron chi connectivity index (χ1n) is 25.0. The molecule has 0 amide bonds. The van der Waals surface area contributed by atoms with Gasteiger partial charge in [-0.25, -0.2) is 15.0 Å². The number of aromatic nitrogens is 3. The summed E-state index contributed by atoms with van der Waals surface area (Å²) >= 11 is 0. The highest BCUT2D eigenvalue weighted by atomic mass is 19.4. The van der Waals surface area contributed by atoms with Crippen LogP contribution in [0.4, 0.5) is 43.8 Å². The van der Waals surface area contributed by atoms with Crippen LogP contribution in [0.5, 0.6) is 0 Å². The molecule has 388 valence electrons. The van der Waals surface area contributed by atoms with E-state index in [9.17, 15) is 26.3 Å². The second-order valence-corrected chi connectivity index (χ2v) is 19.4. The Bertz CT molecular complexity index is 2790. The van der Waals surface area contributed by atoms with Crippen LogP contribution in [0.1, 0.15) is 96.2 Å². The average Bonchev–Trinajstić information content (AvgIpc) is 3.41. The van der Waals surface area contributed by atoms with Crippen LogP contribution in [0.3, 0.4) is 0 Å². The number of benzene rings is 4. The molecule has 2 aliphatic heterocycles. The summed E-state index contributed by atoms with van der Waals surface area (Å²) in [6.45, 7) is 8.99. The van der Waals surface area contributed by atoms with Gasteiger partial charge in [-0.3, -0.25) is 0 Å². The quantitative estimate of drug-likeness (QED) is 0.0868. The van der Waals surface area contributed by atoms with E-state index in [-0.39, 0.29) is 12.1 Å². The fourth-order valence-corrected chi connectivity index (χ4v) is 9.90. The molecule has 74 heavy (non-hydrogen) atoms. The molecule has 9 nitrogen and oxygen atoms in total. The minimum atomic E-state index is -4.40. The molecule has 2 aliphatic rings. The van der Waals surface area contributed by atoms with Crippen molar-refractivity contribution in [2.24, 2.45) is 0 Å². The monoisotopic (exact) mass is 1020 g/mol. The summed E-state index contributed by atoms with van der Waals surface area (Å²) in [6.07, 6.45) is -1.16. The number of hydrogen-bond donors (Lipinski definition) is 3. The smallest absolute Gasteiger partial charge is 0.372 e. The van der Waals surface area contributed by atoms with Gasteiger partial charge in [0.2, 0.25) is 0 Å². The predicted molar refractivity (Wildman–Crippen MR) is 278 cm³/mol. The summed E-state index contributed by atoms with van der Waals surface area (Å²) in [6, 6.07) is 46.2. The van der Waals surface area contributed by atoms with E-state index in [4.69, 9.17) is 9.47 Å². The van der Waals surface area contributed by atoms with Crippen molar-refractivity contribution in [3.05, 3.63) is 215 Å². The summed E-state index contributed by atoms with van der Waals surface area (Å²) in [4.78, 5) is 15.7. The fourth-order valence-electron chi connectivity index (χ4n) is 9.90. The lowest BCUT2D eigenvalue weighted by molar-refractivity contribution is -0.138. The molecule has 0 aliphatic carbocycles. The van der Waals surface area contributed by atoms with E-state index in [0.717, 1.165) is 54.3 Å². The predicted octanol–water partition coefficient (Wildman–Crippen LogP) is 13.6. The topological polar surface area (TPSA) is 96.5 Å². The largest absolute Gasteiger partial charge is 0.416 e. The van der Waals surface area contributed by atoms with Gasteiger partial charge < -0.3 is 30.3 Å². The number of aryl methyl sites for hydroxylation is 2. The van der Waals surface area contributed by atoms with Gasteiger partial charge in [0.15, 0.2) is 0 Å². The number of alkyl halides is 6. The molecule has 4 aromatic carbocycles. The Hall–Kier alpha value is -6.65. The summed E-state index contributed by atoms with van der Waals surface area (Å²) in [5.74, 6) is 2.49. The molecule has 0 radical (unpaired) electrons. The molecule has 2 fully saturated rings. The van der Waals surface area contributed by atoms with E-state index in [1.54, 1.807) is 44.6 Å². The van der Waals surface area contributed by atoms with Crippen molar-refractivity contribution in [2.45, 2.75) is 101 Å². The van der Waals surface area contributed by atoms with Crippen molar-refractivity contribution in [3.8, 4) is 0 Å². The second-order valence-electron chi connectivity index (χ2n) is 19.4. The van der Waals surface area contributed by atoms with E-state index in [2.05, 4.69) is 60.1 Å². The van der Waals surface area contributed by atoms with E-state index in [1.807, 2.05) is 105 Å². The minimum Gasteiger partial charge on any atom is -0.372 e. The molecule has 5 heterocycles. The number of hydrogen-bond acceptors (Lipinski definition) is 9. The lowest BCUT2D eigenvalue weighted by Gasteiger charge is -2.45. The zero-order valence-corrected chi connectivity index (χ0v) is 42.0. The highest BCUT2D eigenvalue weighted by molar-refractivity contribution is 5.57. The first-order chi connectivity index (χ1) is 35.5. The Balaban J connectivity index is 0.000000200. The number of piperidine rings is 2. The highest BCUT2D eigenvalue weighted by Gasteiger charge is 2.41. The minimum absolute atomic E-state index is 0.0881. The molecule has 0 spiro atoms. The maximum atomic E-state index is 13.5. The van der Waals surface area contributed by atoms with Crippen LogP contribution in [-0.4, -0.2) is 53.3 Å². The van der Waals surface area contributed by atoms with Gasteiger partial charge in [0.25, 0.3) is 0 Å². The Labute approximate surface area is 429 Å². The van der Waals surface area contributed by atoms with Crippen molar-refractivity contribution in [3.63, 3.8) is 0 Å². The van der Waals surface area contributed by atoms with Crippen LogP contribution in [0, 0.1) is 13.8 Å². The lowest BCUT2D eigenvalue weighted by Crippen LogP contribution is -2.56. The number of rotatable bonds is 15. The number of anilines is 3. The summed E-state index contributed by atoms with van der Waals surface area (Å²) in [5.41, 5.74) is 2.15. The van der Waals surface area contributed by atoms with Crippen molar-refractivity contribution in [2.75, 3.05) is 36.5 Å². The van der Waals surface area contributed by atoms with Crippen molar-refractivity contribution in [1.82, 2.24) is 25.6 Å². The number of ether oxygens (including phenoxy) is 2. The average molecular weight is 1020 g/mol. The second kappa shape index (κ2) is 23.7. The van der Waals surface area contributed by atoms with E-state index in [1.165, 1.54) is 24.3 Å². The molecule has 3 aromatic heterocycles. The van der Waals surface area contributed by atoms with Crippen molar-refractivity contribution in [1.29, 1.82) is 0 Å². The van der Waals surface area contributed by atoms with Crippen molar-refractivity contribution >= 4 is 17.5 Å². The molecule has 9 rings (SSSR count). The molecule has 6 atom stereocenters. The van der Waals surface area contributed by atoms with Gasteiger partial charge in [0.05, 0.1) is 47.6 Å². The van der Waals surface area contributed by atoms with Crippen LogP contribution in [0.2, 0.25) is 0 Å². The lowest BCUT2D eigenvalue weighted by atomic mass is 9.81. The molecule has 0 bridgehead atoms. The molecule has 0 unspecified atom stereocenters. The van der Waals surface area contributed by atoms with E-state index in [0.29, 0.717) is 48.6 Å². The highest BCUT2D eigenvalue weighted by Crippen LogP contribution is 2.39. The Morgan fingerprint density at radius 3 is 1.41 bits per heavy atom. The third kappa shape index (κ3) is 13.5. The number of nitrogens with zero attached hydrogens (tertiary/aromatic N) is 4. The number of pyridine rings is 3. The normalized spacial score (nSPS) is 20.9. The Morgan fingerprint density at radius 1 is 0.568 bits per heavy atom. The Morgan fingerprint density at radius 2 is 1.01 bits per heavy atom. The van der Waals surface area contributed by atoms with Crippen LogP contribution in [-0.2, 0) is 32.9 Å². The maximum absolute atomic E-state index is 13.5. The van der Waals surface area contributed by atoms with Crippen LogP contribution < -0.4 is 20.9 Å². The van der Waals surface area contributed by atoms with Gasteiger partial charge in [-0.05, 0) is 136 Å². The summed E-state index contributed by atoms with van der Waals surface area (Å²) in [7, 11) is 0. The van der Waals surface area contributed by atoms with Crippen LogP contribution >= 0.6 is 0 Å². The molecule has 2 saturated heterocycles. The van der Waals surface area contributed by atoms with Gasteiger partial charge in [0.1, 0.15) is 17.5 Å². The first kappa shape index (κ1) is 53.6. The SMILES string of the molecule is Cc1cc([C@@H](C)OC[C@@]2(c3ccccc3)CC[C@H](N(c3ccccn3)c3ccccn3)CN2)cc(C(F)(F)F)c1.Cc1cc([C@@H](C)OC[C@@]2(c3ccccc3)CC[C@H](Nc3ccccn3)CN2)cc(C(F)(F)F)c1. The van der Waals surface area contributed by atoms with Crippen molar-refractivity contribution < 1.29 is 35.8 Å². The van der Waals surface area contributed by atoms with Gasteiger partial charge in [-0.15, -0.1) is 0 Å². The van der Waals surface area contributed by atoms with Crippen LogP contribution in [0.25, 0.3) is 0 Å². The fraction of sp³-hybridized carbons (Fsp3) is 0.339.